The number of hydrazone groups is 1. The summed E-state index contributed by atoms with van der Waals surface area (Å²) in [6.45, 7) is 5.58. The summed E-state index contributed by atoms with van der Waals surface area (Å²) in [6.07, 6.45) is 0.476. The van der Waals surface area contributed by atoms with E-state index in [2.05, 4.69) is 11.1 Å². The van der Waals surface area contributed by atoms with Crippen molar-refractivity contribution >= 4 is 22.5 Å². The molecule has 4 aromatic rings. The van der Waals surface area contributed by atoms with Crippen molar-refractivity contribution in [3.8, 4) is 11.1 Å². The topological polar surface area (TPSA) is 65.5 Å². The number of benzene rings is 3. The van der Waals surface area contributed by atoms with Gasteiger partial charge in [-0.25, -0.2) is 5.01 Å². The Labute approximate surface area is 192 Å². The van der Waals surface area contributed by atoms with Crippen molar-refractivity contribution in [1.29, 1.82) is 0 Å². The van der Waals surface area contributed by atoms with Crippen LogP contribution in [0.3, 0.4) is 0 Å². The molecule has 0 aliphatic carbocycles. The Kier molecular flexibility index (Phi) is 5.17. The van der Waals surface area contributed by atoms with Crippen molar-refractivity contribution in [2.75, 3.05) is 0 Å². The third kappa shape index (κ3) is 3.76. The zero-order valence-electron chi connectivity index (χ0n) is 18.9. The molecular formula is C28H25N3O2. The highest BCUT2D eigenvalue weighted by molar-refractivity contribution is 6.12. The lowest BCUT2D eigenvalue weighted by Crippen LogP contribution is -2.24. The number of aryl methyl sites for hydroxylation is 2. The molecule has 33 heavy (non-hydrogen) atoms. The summed E-state index contributed by atoms with van der Waals surface area (Å²) in [7, 11) is 0. The summed E-state index contributed by atoms with van der Waals surface area (Å²) in [5.74, 6) is -0.148. The van der Waals surface area contributed by atoms with Gasteiger partial charge in [0.05, 0.1) is 17.3 Å². The number of hydrogen-bond acceptors (Lipinski definition) is 3. The van der Waals surface area contributed by atoms with Crippen LogP contribution in [-0.2, 0) is 4.79 Å². The van der Waals surface area contributed by atoms with E-state index in [4.69, 9.17) is 5.10 Å². The average molecular weight is 436 g/mol. The Morgan fingerprint density at radius 3 is 2.42 bits per heavy atom. The summed E-state index contributed by atoms with van der Waals surface area (Å²) >= 11 is 0. The van der Waals surface area contributed by atoms with Crippen LogP contribution in [0.25, 0.3) is 22.0 Å². The van der Waals surface area contributed by atoms with Crippen molar-refractivity contribution in [3.05, 3.63) is 105 Å². The summed E-state index contributed by atoms with van der Waals surface area (Å²) in [6, 6.07) is 23.8. The van der Waals surface area contributed by atoms with E-state index in [9.17, 15) is 9.59 Å². The molecule has 0 saturated heterocycles. The first-order chi connectivity index (χ1) is 15.9. The quantitative estimate of drug-likeness (QED) is 0.461. The maximum absolute atomic E-state index is 13.4. The maximum Gasteiger partial charge on any atom is 0.258 e. The predicted molar refractivity (Wildman–Crippen MR) is 132 cm³/mol. The van der Waals surface area contributed by atoms with Gasteiger partial charge in [0.25, 0.3) is 5.56 Å². The number of amides is 1. The lowest BCUT2D eigenvalue weighted by molar-refractivity contribution is -0.130. The van der Waals surface area contributed by atoms with Gasteiger partial charge in [0.1, 0.15) is 0 Å². The Balaban J connectivity index is 1.73. The van der Waals surface area contributed by atoms with E-state index in [1.54, 1.807) is 0 Å². The summed E-state index contributed by atoms with van der Waals surface area (Å²) in [5, 5.41) is 7.16. The molecular weight excluding hydrogens is 410 g/mol. The van der Waals surface area contributed by atoms with Gasteiger partial charge in [-0.1, -0.05) is 77.9 Å². The van der Waals surface area contributed by atoms with Gasteiger partial charge in [-0.3, -0.25) is 9.59 Å². The van der Waals surface area contributed by atoms with Gasteiger partial charge >= 0.3 is 0 Å². The number of nitrogens with one attached hydrogen (secondary N) is 1. The van der Waals surface area contributed by atoms with Gasteiger partial charge in [-0.15, -0.1) is 0 Å². The van der Waals surface area contributed by atoms with Crippen LogP contribution in [-0.4, -0.2) is 21.6 Å². The van der Waals surface area contributed by atoms with Crippen molar-refractivity contribution in [1.82, 2.24) is 9.99 Å². The highest BCUT2D eigenvalue weighted by Gasteiger charge is 2.34. The van der Waals surface area contributed by atoms with Crippen LogP contribution in [0, 0.1) is 13.8 Å². The Morgan fingerprint density at radius 1 is 0.939 bits per heavy atom. The third-order valence-corrected chi connectivity index (χ3v) is 6.21. The monoisotopic (exact) mass is 435 g/mol. The van der Waals surface area contributed by atoms with E-state index in [0.29, 0.717) is 17.7 Å². The minimum atomic E-state index is -0.242. The van der Waals surface area contributed by atoms with E-state index in [1.807, 2.05) is 80.6 Å². The molecule has 5 nitrogen and oxygen atoms in total. The lowest BCUT2D eigenvalue weighted by Gasteiger charge is -2.20. The predicted octanol–water partition coefficient (Wildman–Crippen LogP) is 5.51. The Bertz CT molecular complexity index is 1470. The van der Waals surface area contributed by atoms with Gasteiger partial charge < -0.3 is 4.98 Å². The number of nitrogens with zero attached hydrogens (tertiary/aromatic N) is 2. The van der Waals surface area contributed by atoms with Crippen LogP contribution >= 0.6 is 0 Å². The molecule has 2 heterocycles. The van der Waals surface area contributed by atoms with Gasteiger partial charge in [-0.05, 0) is 31.0 Å². The molecule has 1 aromatic heterocycles. The number of H-pyrrole nitrogens is 1. The molecule has 0 fully saturated rings. The second kappa shape index (κ2) is 8.17. The number of aromatic nitrogens is 1. The summed E-state index contributed by atoms with van der Waals surface area (Å²) < 4.78 is 0. The molecule has 3 aromatic carbocycles. The molecule has 1 atom stereocenters. The number of rotatable bonds is 3. The molecule has 0 spiro atoms. The van der Waals surface area contributed by atoms with E-state index >= 15 is 0 Å². The average Bonchev–Trinajstić information content (AvgIpc) is 3.24. The fourth-order valence-electron chi connectivity index (χ4n) is 4.63. The zero-order chi connectivity index (χ0) is 23.1. The van der Waals surface area contributed by atoms with Crippen molar-refractivity contribution in [3.63, 3.8) is 0 Å². The van der Waals surface area contributed by atoms with E-state index in [1.165, 1.54) is 11.9 Å². The number of para-hydroxylation sites is 1. The smallest absolute Gasteiger partial charge is 0.258 e. The van der Waals surface area contributed by atoms with Crippen LogP contribution in [0.1, 0.15) is 41.6 Å². The van der Waals surface area contributed by atoms with E-state index < -0.39 is 0 Å². The van der Waals surface area contributed by atoms with Crippen molar-refractivity contribution in [2.45, 2.75) is 33.2 Å². The fraction of sp³-hybridized carbons (Fsp3) is 0.179. The SMILES string of the molecule is CC(=O)N1N=C(c2c(-c3ccc(C)cc3)c3ccccc3[nH]c2=O)CC1c1cccc(C)c1. The third-order valence-electron chi connectivity index (χ3n) is 6.21. The first-order valence-corrected chi connectivity index (χ1v) is 11.1. The molecule has 0 bridgehead atoms. The molecule has 0 saturated carbocycles. The Hall–Kier alpha value is -3.99. The van der Waals surface area contributed by atoms with Crippen LogP contribution in [0.4, 0.5) is 0 Å². The molecule has 1 aliphatic heterocycles. The zero-order valence-corrected chi connectivity index (χ0v) is 18.9. The van der Waals surface area contributed by atoms with Crippen LogP contribution in [0.5, 0.6) is 0 Å². The van der Waals surface area contributed by atoms with Gasteiger partial charge in [0, 0.05) is 29.8 Å². The summed E-state index contributed by atoms with van der Waals surface area (Å²) in [5.41, 5.74) is 6.81. The molecule has 1 unspecified atom stereocenters. The molecule has 5 rings (SSSR count). The van der Waals surface area contributed by atoms with Gasteiger partial charge in [0.15, 0.2) is 0 Å². The normalized spacial score (nSPS) is 15.7. The minimum absolute atomic E-state index is 0.148. The molecule has 0 radical (unpaired) electrons. The van der Waals surface area contributed by atoms with Gasteiger partial charge in [0.2, 0.25) is 5.91 Å². The molecule has 1 N–H and O–H groups in total. The van der Waals surface area contributed by atoms with Crippen molar-refractivity contribution < 1.29 is 4.79 Å². The minimum Gasteiger partial charge on any atom is -0.321 e. The van der Waals surface area contributed by atoms with Crippen LogP contribution in [0.2, 0.25) is 0 Å². The highest BCUT2D eigenvalue weighted by Crippen LogP contribution is 2.37. The standard InChI is InChI=1S/C28H25N3O2/c1-17-11-13-20(14-12-17)26-22-9-4-5-10-23(22)29-28(33)27(26)24-16-25(31(30-24)19(3)32)21-8-6-7-18(2)15-21/h4-15,25H,16H2,1-3H3,(H,29,33). The molecule has 5 heteroatoms. The van der Waals surface area contributed by atoms with E-state index in [-0.39, 0.29) is 17.5 Å². The number of aromatic amines is 1. The molecule has 164 valence electrons. The van der Waals surface area contributed by atoms with Gasteiger partial charge in [-0.2, -0.15) is 5.10 Å². The number of hydrogen-bond donors (Lipinski definition) is 1. The summed E-state index contributed by atoms with van der Waals surface area (Å²) in [4.78, 5) is 29.0. The molecule has 1 amide bonds. The fourth-order valence-corrected chi connectivity index (χ4v) is 4.63. The largest absolute Gasteiger partial charge is 0.321 e. The number of carbonyl (C=O) groups excluding carboxylic acids is 1. The van der Waals surface area contributed by atoms with Crippen LogP contribution < -0.4 is 5.56 Å². The van der Waals surface area contributed by atoms with Crippen molar-refractivity contribution in [2.24, 2.45) is 5.10 Å². The lowest BCUT2D eigenvalue weighted by atomic mass is 9.90. The first kappa shape index (κ1) is 20.9. The number of fused-ring (bicyclic) bond motifs is 1. The molecule has 1 aliphatic rings. The first-order valence-electron chi connectivity index (χ1n) is 11.1. The second-order valence-corrected chi connectivity index (χ2v) is 8.66. The second-order valence-electron chi connectivity index (χ2n) is 8.66. The highest BCUT2D eigenvalue weighted by atomic mass is 16.2. The Morgan fingerprint density at radius 2 is 1.70 bits per heavy atom. The number of pyridine rings is 1. The maximum atomic E-state index is 13.4. The van der Waals surface area contributed by atoms with Crippen LogP contribution in [0.15, 0.2) is 82.7 Å². The van der Waals surface area contributed by atoms with E-state index in [0.717, 1.165) is 38.7 Å². The number of carbonyl (C=O) groups is 1.